The molecular formula is C13H18N2O3. The average molecular weight is 251 g/mol. The molecule has 1 rings (SSSR count). The summed E-state index contributed by atoms with van der Waals surface area (Å²) in [6.07, 6.45) is -0.773. The SMILES string of the molecule is [2H]CC(C)(C)OC(=O)NC(C(N)=O)c1ccccc1. The van der Waals surface area contributed by atoms with Crippen LogP contribution in [0.25, 0.3) is 0 Å². The van der Waals surface area contributed by atoms with Crippen LogP contribution >= 0.6 is 0 Å². The smallest absolute Gasteiger partial charge is 0.408 e. The van der Waals surface area contributed by atoms with E-state index in [1.54, 1.807) is 44.2 Å². The van der Waals surface area contributed by atoms with Crippen LogP contribution in [0.1, 0.15) is 33.7 Å². The molecule has 5 heteroatoms. The summed E-state index contributed by atoms with van der Waals surface area (Å²) in [7, 11) is 0. The molecule has 3 N–H and O–H groups in total. The van der Waals surface area contributed by atoms with Gasteiger partial charge in [-0.25, -0.2) is 4.79 Å². The van der Waals surface area contributed by atoms with Crippen molar-refractivity contribution in [2.24, 2.45) is 5.73 Å². The Balaban J connectivity index is 2.76. The molecule has 5 nitrogen and oxygen atoms in total. The summed E-state index contributed by atoms with van der Waals surface area (Å²) < 4.78 is 12.3. The largest absolute Gasteiger partial charge is 0.444 e. The molecule has 0 aliphatic heterocycles. The Morgan fingerprint density at radius 2 is 2.00 bits per heavy atom. The van der Waals surface area contributed by atoms with Crippen molar-refractivity contribution in [2.45, 2.75) is 32.4 Å². The molecule has 1 aromatic carbocycles. The molecule has 0 saturated carbocycles. The molecule has 0 heterocycles. The Labute approximate surface area is 108 Å². The molecule has 98 valence electrons. The highest BCUT2D eigenvalue weighted by Crippen LogP contribution is 2.13. The van der Waals surface area contributed by atoms with Gasteiger partial charge in [0.15, 0.2) is 0 Å². The summed E-state index contributed by atoms with van der Waals surface area (Å²) >= 11 is 0. The summed E-state index contributed by atoms with van der Waals surface area (Å²) in [5.41, 5.74) is 4.93. The number of hydrogen-bond donors (Lipinski definition) is 2. The second kappa shape index (κ2) is 5.53. The molecule has 0 radical (unpaired) electrons. The Morgan fingerprint density at radius 1 is 1.39 bits per heavy atom. The minimum atomic E-state index is -0.949. The second-order valence-corrected chi connectivity index (χ2v) is 4.54. The third-order valence-corrected chi connectivity index (χ3v) is 2.05. The molecule has 1 atom stereocenters. The number of carbonyl (C=O) groups excluding carboxylic acids is 2. The van der Waals surface area contributed by atoms with Gasteiger partial charge in [-0.3, -0.25) is 4.79 Å². The minimum absolute atomic E-state index is 0.0764. The maximum atomic E-state index is 11.7. The van der Waals surface area contributed by atoms with Gasteiger partial charge in [0.2, 0.25) is 5.91 Å². The highest BCUT2D eigenvalue weighted by atomic mass is 16.6. The van der Waals surface area contributed by atoms with E-state index in [2.05, 4.69) is 5.32 Å². The van der Waals surface area contributed by atoms with E-state index in [1.807, 2.05) is 0 Å². The van der Waals surface area contributed by atoms with Crippen LogP contribution in [0.15, 0.2) is 30.3 Å². The van der Waals surface area contributed by atoms with E-state index in [4.69, 9.17) is 11.8 Å². The lowest BCUT2D eigenvalue weighted by molar-refractivity contribution is -0.120. The lowest BCUT2D eigenvalue weighted by Gasteiger charge is -2.22. The Kier molecular flexibility index (Phi) is 3.82. The molecule has 0 bridgehead atoms. The number of primary amides is 1. The van der Waals surface area contributed by atoms with Gasteiger partial charge in [0, 0.05) is 1.37 Å². The molecular weight excluding hydrogens is 232 g/mol. The fraction of sp³-hybridized carbons (Fsp3) is 0.385. The van der Waals surface area contributed by atoms with Gasteiger partial charge in [0.1, 0.15) is 11.6 Å². The molecule has 0 aliphatic carbocycles. The van der Waals surface area contributed by atoms with Gasteiger partial charge < -0.3 is 15.8 Å². The maximum absolute atomic E-state index is 11.7. The van der Waals surface area contributed by atoms with Crippen molar-refractivity contribution in [1.82, 2.24) is 5.32 Å². The zero-order valence-corrected chi connectivity index (χ0v) is 10.5. The van der Waals surface area contributed by atoms with E-state index in [-0.39, 0.29) is 6.90 Å². The zero-order valence-electron chi connectivity index (χ0n) is 11.5. The molecule has 0 spiro atoms. The number of rotatable bonds is 3. The Hall–Kier alpha value is -2.04. The number of alkyl carbamates (subject to hydrolysis) is 1. The van der Waals surface area contributed by atoms with Crippen LogP contribution in [0.3, 0.4) is 0 Å². The molecule has 1 aromatic rings. The van der Waals surface area contributed by atoms with E-state index in [0.29, 0.717) is 5.56 Å². The van der Waals surface area contributed by atoms with E-state index in [1.165, 1.54) is 0 Å². The van der Waals surface area contributed by atoms with Crippen molar-refractivity contribution >= 4 is 12.0 Å². The van der Waals surface area contributed by atoms with Crippen molar-refractivity contribution in [1.29, 1.82) is 0 Å². The zero-order chi connectivity index (χ0) is 14.5. The highest BCUT2D eigenvalue weighted by Gasteiger charge is 2.23. The summed E-state index contributed by atoms with van der Waals surface area (Å²) in [5.74, 6) is -0.674. The van der Waals surface area contributed by atoms with Gasteiger partial charge >= 0.3 is 6.09 Å². The Bertz CT molecular complexity index is 448. The summed E-state index contributed by atoms with van der Waals surface area (Å²) in [4.78, 5) is 23.1. The van der Waals surface area contributed by atoms with Gasteiger partial charge in [-0.2, -0.15) is 0 Å². The first-order valence-electron chi connectivity index (χ1n) is 6.19. The molecule has 0 aromatic heterocycles. The van der Waals surface area contributed by atoms with Gasteiger partial charge in [-0.05, 0) is 26.3 Å². The second-order valence-electron chi connectivity index (χ2n) is 4.54. The van der Waals surface area contributed by atoms with Crippen molar-refractivity contribution in [3.8, 4) is 0 Å². The number of ether oxygens (including phenoxy) is 1. The van der Waals surface area contributed by atoms with Gasteiger partial charge in [-0.1, -0.05) is 30.3 Å². The van der Waals surface area contributed by atoms with Crippen LogP contribution in [-0.2, 0) is 9.53 Å². The van der Waals surface area contributed by atoms with Crippen molar-refractivity contribution in [3.63, 3.8) is 0 Å². The number of carbonyl (C=O) groups is 2. The third-order valence-electron chi connectivity index (χ3n) is 2.05. The predicted octanol–water partition coefficient (Wildman–Crippen LogP) is 1.74. The van der Waals surface area contributed by atoms with Gasteiger partial charge in [0.25, 0.3) is 0 Å². The van der Waals surface area contributed by atoms with Crippen LogP contribution in [0.2, 0.25) is 0 Å². The fourth-order valence-electron chi connectivity index (χ4n) is 1.36. The summed E-state index contributed by atoms with van der Waals surface area (Å²) in [6.45, 7) is 3.15. The fourth-order valence-corrected chi connectivity index (χ4v) is 1.36. The predicted molar refractivity (Wildman–Crippen MR) is 67.7 cm³/mol. The van der Waals surface area contributed by atoms with Crippen LogP contribution in [-0.4, -0.2) is 17.6 Å². The Morgan fingerprint density at radius 3 is 2.50 bits per heavy atom. The van der Waals surface area contributed by atoms with Crippen molar-refractivity contribution < 1.29 is 15.7 Å². The number of amides is 2. The summed E-state index contributed by atoms with van der Waals surface area (Å²) in [5, 5.41) is 2.40. The molecule has 1 unspecified atom stereocenters. The van der Waals surface area contributed by atoms with Crippen LogP contribution < -0.4 is 11.1 Å². The van der Waals surface area contributed by atoms with E-state index in [0.717, 1.165) is 0 Å². The van der Waals surface area contributed by atoms with Gasteiger partial charge in [-0.15, -0.1) is 0 Å². The lowest BCUT2D eigenvalue weighted by Crippen LogP contribution is -2.40. The summed E-state index contributed by atoms with van der Waals surface area (Å²) in [6, 6.07) is 7.70. The molecule has 2 amide bonds. The van der Waals surface area contributed by atoms with E-state index < -0.39 is 23.6 Å². The van der Waals surface area contributed by atoms with Gasteiger partial charge in [0.05, 0.1) is 0 Å². The average Bonchev–Trinajstić information content (AvgIpc) is 2.36. The first kappa shape index (κ1) is 12.4. The topological polar surface area (TPSA) is 81.4 Å². The normalized spacial score (nSPS) is 13.3. The molecule has 0 saturated heterocycles. The standard InChI is InChI=1S/C13H18N2O3/c1-13(2,3)18-12(17)15-10(11(14)16)9-7-5-4-6-8-9/h4-8,10H,1-3H3,(H2,14,16)(H,15,17)/i1D. The first-order valence-corrected chi connectivity index (χ1v) is 5.49. The molecule has 0 fully saturated rings. The lowest BCUT2D eigenvalue weighted by atomic mass is 10.1. The number of benzene rings is 1. The third kappa shape index (κ3) is 4.45. The number of nitrogens with one attached hydrogen (secondary N) is 1. The highest BCUT2D eigenvalue weighted by molar-refractivity contribution is 5.85. The van der Waals surface area contributed by atoms with Crippen LogP contribution in [0, 0.1) is 0 Å². The monoisotopic (exact) mass is 251 g/mol. The van der Waals surface area contributed by atoms with Crippen LogP contribution in [0.5, 0.6) is 0 Å². The maximum Gasteiger partial charge on any atom is 0.408 e. The first-order chi connectivity index (χ1) is 8.85. The minimum Gasteiger partial charge on any atom is -0.444 e. The number of hydrogen-bond acceptors (Lipinski definition) is 3. The van der Waals surface area contributed by atoms with E-state index in [9.17, 15) is 9.59 Å². The molecule has 18 heavy (non-hydrogen) atoms. The van der Waals surface area contributed by atoms with Crippen LogP contribution in [0.4, 0.5) is 4.79 Å². The number of nitrogens with two attached hydrogens (primary N) is 1. The molecule has 0 aliphatic rings. The quantitative estimate of drug-likeness (QED) is 0.858. The van der Waals surface area contributed by atoms with Crippen molar-refractivity contribution in [2.75, 3.05) is 0 Å². The van der Waals surface area contributed by atoms with E-state index >= 15 is 0 Å². The van der Waals surface area contributed by atoms with Crippen molar-refractivity contribution in [3.05, 3.63) is 35.9 Å².